The zero-order chi connectivity index (χ0) is 19.2. The summed E-state index contributed by atoms with van der Waals surface area (Å²) in [6, 6.07) is 14.7. The summed E-state index contributed by atoms with van der Waals surface area (Å²) in [5, 5.41) is 3.18. The van der Waals surface area contributed by atoms with Crippen molar-refractivity contribution in [2.75, 3.05) is 11.9 Å². The second-order valence-electron chi connectivity index (χ2n) is 5.78. The lowest BCUT2D eigenvalue weighted by Gasteiger charge is -2.10. The van der Waals surface area contributed by atoms with E-state index >= 15 is 0 Å². The first-order valence-electron chi connectivity index (χ1n) is 8.23. The summed E-state index contributed by atoms with van der Waals surface area (Å²) in [6.07, 6.45) is 1.62. The van der Waals surface area contributed by atoms with E-state index in [2.05, 4.69) is 10.3 Å². The third-order valence-electron chi connectivity index (χ3n) is 3.80. The lowest BCUT2D eigenvalue weighted by atomic mass is 10.1. The van der Waals surface area contributed by atoms with E-state index in [1.807, 2.05) is 30.3 Å². The van der Waals surface area contributed by atoms with E-state index in [1.165, 1.54) is 30.5 Å². The highest BCUT2D eigenvalue weighted by Gasteiger charge is 2.14. The number of halogens is 2. The number of amides is 1. The third-order valence-corrected chi connectivity index (χ3v) is 3.80. The van der Waals surface area contributed by atoms with Gasteiger partial charge in [-0.25, -0.2) is 13.8 Å². The highest BCUT2D eigenvalue weighted by Crippen LogP contribution is 2.28. The van der Waals surface area contributed by atoms with Crippen molar-refractivity contribution >= 4 is 11.6 Å². The molecule has 0 unspecified atom stereocenters. The molecule has 0 bridgehead atoms. The Kier molecular flexibility index (Phi) is 5.61. The van der Waals surface area contributed by atoms with Gasteiger partial charge in [-0.05, 0) is 42.3 Å². The summed E-state index contributed by atoms with van der Waals surface area (Å²) in [5.74, 6) is -2.90. The number of hydrogen-bond donors (Lipinski definition) is 2. The number of aromatic nitrogens is 1. The van der Waals surface area contributed by atoms with E-state index < -0.39 is 23.3 Å². The molecule has 0 aliphatic heterocycles. The number of carbonyl (C=O) groups excluding carboxylic acids is 1. The Hall–Kier alpha value is -3.48. The van der Waals surface area contributed by atoms with Crippen LogP contribution in [0.15, 0.2) is 60.8 Å². The Morgan fingerprint density at radius 1 is 1.07 bits per heavy atom. The Bertz CT molecular complexity index is 909. The molecule has 0 aliphatic carbocycles. The van der Waals surface area contributed by atoms with E-state index in [-0.39, 0.29) is 11.4 Å². The van der Waals surface area contributed by atoms with Gasteiger partial charge in [0.25, 0.3) is 0 Å². The summed E-state index contributed by atoms with van der Waals surface area (Å²) in [4.78, 5) is 14.8. The van der Waals surface area contributed by atoms with E-state index in [9.17, 15) is 13.6 Å². The Balaban J connectivity index is 1.66. The quantitative estimate of drug-likeness (QED) is 0.662. The average molecular weight is 369 g/mol. The van der Waals surface area contributed by atoms with Crippen LogP contribution in [0.3, 0.4) is 0 Å². The molecule has 0 aliphatic rings. The molecular formula is C20H17F2N3O2. The van der Waals surface area contributed by atoms with Crippen molar-refractivity contribution in [3.05, 3.63) is 83.6 Å². The highest BCUT2D eigenvalue weighted by molar-refractivity contribution is 5.92. The first-order chi connectivity index (χ1) is 13.0. The molecule has 3 aromatic rings. The second kappa shape index (κ2) is 8.27. The van der Waals surface area contributed by atoms with Gasteiger partial charge < -0.3 is 15.8 Å². The molecule has 0 spiro atoms. The largest absolute Gasteiger partial charge is 0.433 e. The molecule has 0 saturated heterocycles. The van der Waals surface area contributed by atoms with Crippen molar-refractivity contribution < 1.29 is 18.3 Å². The topological polar surface area (TPSA) is 77.2 Å². The van der Waals surface area contributed by atoms with Gasteiger partial charge in [-0.3, -0.25) is 4.79 Å². The molecule has 0 atom stereocenters. The molecule has 27 heavy (non-hydrogen) atoms. The Labute approximate surface area is 154 Å². The van der Waals surface area contributed by atoms with Gasteiger partial charge in [-0.15, -0.1) is 0 Å². The molecule has 5 nitrogen and oxygen atoms in total. The number of anilines is 1. The van der Waals surface area contributed by atoms with Crippen molar-refractivity contribution in [3.8, 4) is 11.6 Å². The van der Waals surface area contributed by atoms with Crippen LogP contribution in [0.2, 0.25) is 0 Å². The maximum Gasteiger partial charge on any atom is 0.250 e. The number of nitrogens with two attached hydrogens (primary N) is 1. The number of nitrogens with zero attached hydrogens (tertiary/aromatic N) is 1. The van der Waals surface area contributed by atoms with Crippen molar-refractivity contribution in [1.29, 1.82) is 0 Å². The molecule has 0 radical (unpaired) electrons. The molecule has 3 N–H and O–H groups in total. The van der Waals surface area contributed by atoms with Gasteiger partial charge in [0.15, 0.2) is 11.6 Å². The fourth-order valence-electron chi connectivity index (χ4n) is 2.45. The predicted molar refractivity (Wildman–Crippen MR) is 97.8 cm³/mol. The minimum Gasteiger partial charge on any atom is -0.433 e. The van der Waals surface area contributed by atoms with Crippen LogP contribution in [0.25, 0.3) is 0 Å². The maximum absolute atomic E-state index is 14.3. The van der Waals surface area contributed by atoms with Crippen LogP contribution in [0.5, 0.6) is 11.6 Å². The number of carbonyl (C=O) groups is 1. The van der Waals surface area contributed by atoms with Gasteiger partial charge in [0.1, 0.15) is 0 Å². The molecule has 3 rings (SSSR count). The summed E-state index contributed by atoms with van der Waals surface area (Å²) in [7, 11) is 0. The molecule has 1 aromatic heterocycles. The van der Waals surface area contributed by atoms with E-state index in [1.54, 1.807) is 0 Å². The number of pyridine rings is 1. The number of nitrogens with one attached hydrogen (secondary N) is 1. The van der Waals surface area contributed by atoms with Crippen molar-refractivity contribution in [2.24, 2.45) is 5.73 Å². The van der Waals surface area contributed by atoms with Gasteiger partial charge in [0, 0.05) is 24.5 Å². The Morgan fingerprint density at radius 3 is 2.37 bits per heavy atom. The smallest absolute Gasteiger partial charge is 0.250 e. The first kappa shape index (κ1) is 18.3. The summed E-state index contributed by atoms with van der Waals surface area (Å²) in [6.45, 7) is 0.527. The standard InChI is InChI=1S/C20H17F2N3O2/c21-16-10-13(8-9-24-15-4-2-1-3-5-15)11-17(22)19(16)27-18-7-6-14(12-25-18)20(23)26/h1-7,10-12,24H,8-9H2,(H2,23,26). The second-order valence-corrected chi connectivity index (χ2v) is 5.78. The van der Waals surface area contributed by atoms with Crippen molar-refractivity contribution in [1.82, 2.24) is 4.98 Å². The van der Waals surface area contributed by atoms with Crippen LogP contribution in [-0.4, -0.2) is 17.4 Å². The number of ether oxygens (including phenoxy) is 1. The van der Waals surface area contributed by atoms with Crippen LogP contribution >= 0.6 is 0 Å². The minimum atomic E-state index is -0.828. The molecular weight excluding hydrogens is 352 g/mol. The number of benzene rings is 2. The third kappa shape index (κ3) is 4.78. The molecule has 1 heterocycles. The number of para-hydroxylation sites is 1. The molecule has 2 aromatic carbocycles. The molecule has 138 valence electrons. The fraction of sp³-hybridized carbons (Fsp3) is 0.100. The highest BCUT2D eigenvalue weighted by atomic mass is 19.1. The normalized spacial score (nSPS) is 10.4. The lowest BCUT2D eigenvalue weighted by molar-refractivity contribution is 0.1000. The lowest BCUT2D eigenvalue weighted by Crippen LogP contribution is -2.11. The number of rotatable bonds is 7. The van der Waals surface area contributed by atoms with Gasteiger partial charge in [0.05, 0.1) is 5.56 Å². The first-order valence-corrected chi connectivity index (χ1v) is 8.23. The van der Waals surface area contributed by atoms with E-state index in [0.717, 1.165) is 5.69 Å². The molecule has 0 fully saturated rings. The zero-order valence-corrected chi connectivity index (χ0v) is 14.3. The molecule has 7 heteroatoms. The summed E-state index contributed by atoms with van der Waals surface area (Å²) < 4.78 is 33.7. The predicted octanol–water partition coefficient (Wildman–Crippen LogP) is 3.91. The zero-order valence-electron chi connectivity index (χ0n) is 14.3. The van der Waals surface area contributed by atoms with Gasteiger partial charge in [0.2, 0.25) is 17.5 Å². The maximum atomic E-state index is 14.3. The van der Waals surface area contributed by atoms with E-state index in [0.29, 0.717) is 18.5 Å². The van der Waals surface area contributed by atoms with Gasteiger partial charge in [-0.2, -0.15) is 0 Å². The number of primary amides is 1. The molecule has 1 amide bonds. The van der Waals surface area contributed by atoms with E-state index in [4.69, 9.17) is 10.5 Å². The van der Waals surface area contributed by atoms with Crippen molar-refractivity contribution in [2.45, 2.75) is 6.42 Å². The summed E-state index contributed by atoms with van der Waals surface area (Å²) in [5.41, 5.74) is 6.72. The van der Waals surface area contributed by atoms with Crippen LogP contribution in [0.4, 0.5) is 14.5 Å². The Morgan fingerprint density at radius 2 is 1.78 bits per heavy atom. The molecule has 0 saturated carbocycles. The van der Waals surface area contributed by atoms with Crippen LogP contribution in [0, 0.1) is 11.6 Å². The summed E-state index contributed by atoms with van der Waals surface area (Å²) >= 11 is 0. The van der Waals surface area contributed by atoms with Crippen LogP contribution in [-0.2, 0) is 6.42 Å². The van der Waals surface area contributed by atoms with Crippen LogP contribution < -0.4 is 15.8 Å². The van der Waals surface area contributed by atoms with Gasteiger partial charge in [-0.1, -0.05) is 18.2 Å². The average Bonchev–Trinajstić information content (AvgIpc) is 2.66. The van der Waals surface area contributed by atoms with Crippen molar-refractivity contribution in [3.63, 3.8) is 0 Å². The monoisotopic (exact) mass is 369 g/mol. The SMILES string of the molecule is NC(=O)c1ccc(Oc2c(F)cc(CCNc3ccccc3)cc2F)nc1. The van der Waals surface area contributed by atoms with Crippen LogP contribution in [0.1, 0.15) is 15.9 Å². The van der Waals surface area contributed by atoms with Gasteiger partial charge >= 0.3 is 0 Å². The fourth-order valence-corrected chi connectivity index (χ4v) is 2.45. The number of hydrogen-bond acceptors (Lipinski definition) is 4. The minimum absolute atomic E-state index is 0.0451.